The van der Waals surface area contributed by atoms with Gasteiger partial charge in [0.15, 0.2) is 0 Å². The monoisotopic (exact) mass is 371 g/mol. The van der Waals surface area contributed by atoms with Crippen LogP contribution >= 0.6 is 0 Å². The summed E-state index contributed by atoms with van der Waals surface area (Å²) in [5.41, 5.74) is 1.52. The number of carbonyl (C=O) groups is 1. The van der Waals surface area contributed by atoms with Gasteiger partial charge in [0.05, 0.1) is 24.0 Å². The van der Waals surface area contributed by atoms with Crippen LogP contribution in [0.2, 0.25) is 0 Å². The smallest absolute Gasteiger partial charge is 0.311 e. The van der Waals surface area contributed by atoms with Crippen LogP contribution in [0.15, 0.2) is 24.3 Å². The van der Waals surface area contributed by atoms with Crippen molar-refractivity contribution in [1.29, 1.82) is 5.26 Å². The maximum atomic E-state index is 12.2. The first kappa shape index (κ1) is 20.4. The van der Waals surface area contributed by atoms with Gasteiger partial charge < -0.3 is 10.1 Å². The van der Waals surface area contributed by atoms with E-state index in [9.17, 15) is 14.9 Å². The summed E-state index contributed by atoms with van der Waals surface area (Å²) in [7, 11) is 0. The molecule has 0 aliphatic heterocycles. The van der Waals surface area contributed by atoms with Crippen LogP contribution in [0.3, 0.4) is 0 Å². The van der Waals surface area contributed by atoms with Gasteiger partial charge in [-0.25, -0.2) is 0 Å². The van der Waals surface area contributed by atoms with Gasteiger partial charge in [-0.2, -0.15) is 5.26 Å². The van der Waals surface area contributed by atoms with E-state index in [0.29, 0.717) is 31.7 Å². The number of nitrogens with zero attached hydrogens (tertiary/aromatic N) is 2. The molecule has 0 bridgehead atoms. The third kappa shape index (κ3) is 5.30. The average Bonchev–Trinajstić information content (AvgIpc) is 3.45. The van der Waals surface area contributed by atoms with Gasteiger partial charge in [-0.3, -0.25) is 14.9 Å². The van der Waals surface area contributed by atoms with Crippen LogP contribution in [-0.2, 0) is 11.2 Å². The molecule has 1 aromatic carbocycles. The summed E-state index contributed by atoms with van der Waals surface area (Å²) >= 11 is 0. The van der Waals surface area contributed by atoms with E-state index in [1.54, 1.807) is 0 Å². The zero-order valence-electron chi connectivity index (χ0n) is 15.7. The highest BCUT2D eigenvalue weighted by Crippen LogP contribution is 2.50. The molecule has 0 aromatic heterocycles. The second-order valence-electron chi connectivity index (χ2n) is 6.55. The fraction of sp³-hybridized carbons (Fsp3) is 0.500. The van der Waals surface area contributed by atoms with E-state index >= 15 is 0 Å². The molecule has 27 heavy (non-hydrogen) atoms. The minimum Gasteiger partial charge on any atom is -0.487 e. The van der Waals surface area contributed by atoms with Gasteiger partial charge in [0.25, 0.3) is 0 Å². The summed E-state index contributed by atoms with van der Waals surface area (Å²) in [5, 5.41) is 22.9. The van der Waals surface area contributed by atoms with Crippen LogP contribution in [0.4, 0.5) is 5.69 Å². The van der Waals surface area contributed by atoms with Gasteiger partial charge in [0, 0.05) is 24.1 Å². The molecule has 1 aliphatic rings. The summed E-state index contributed by atoms with van der Waals surface area (Å²) in [6.07, 6.45) is 6.05. The number of nitriles is 1. The Morgan fingerprint density at radius 1 is 1.52 bits per heavy atom. The predicted octanol–water partition coefficient (Wildman–Crippen LogP) is 3.64. The quantitative estimate of drug-likeness (QED) is 0.292. The third-order valence-electron chi connectivity index (χ3n) is 4.48. The van der Waals surface area contributed by atoms with Crippen molar-refractivity contribution in [1.82, 2.24) is 5.32 Å². The van der Waals surface area contributed by atoms with Gasteiger partial charge in [0.2, 0.25) is 11.7 Å². The fourth-order valence-electron chi connectivity index (χ4n) is 3.04. The summed E-state index contributed by atoms with van der Waals surface area (Å²) < 4.78 is 5.69. The molecular formula is C20H25N3O4. The molecular weight excluding hydrogens is 346 g/mol. The lowest BCUT2D eigenvalue weighted by atomic mass is 10.0. The van der Waals surface area contributed by atoms with Crippen molar-refractivity contribution in [2.45, 2.75) is 45.4 Å². The first-order valence-corrected chi connectivity index (χ1v) is 9.23. The standard InChI is InChI=1S/C20H25N3O4/c1-3-5-7-14-11-15(12-18(23(25)26)19(14)27-10-4-2)16-13-17(16)20(24)22-9-6-8-21/h3,5,11-12,16-17H,4,6-7,9-10,13H2,1-2H3,(H,22,24)/b5-3+. The number of hydrogen-bond donors (Lipinski definition) is 1. The number of benzene rings is 1. The van der Waals surface area contributed by atoms with E-state index in [-0.39, 0.29) is 29.9 Å². The lowest BCUT2D eigenvalue weighted by Crippen LogP contribution is -2.26. The summed E-state index contributed by atoms with van der Waals surface area (Å²) in [5.74, 6) is -0.00534. The topological polar surface area (TPSA) is 105 Å². The Hall–Kier alpha value is -2.88. The molecule has 1 saturated carbocycles. The van der Waals surface area contributed by atoms with Crippen LogP contribution in [-0.4, -0.2) is 24.0 Å². The molecule has 7 nitrogen and oxygen atoms in total. The SMILES string of the molecule is C/C=C/Cc1cc(C2CC2C(=O)NCCC#N)cc([N+](=O)[O-])c1OCCC. The first-order valence-electron chi connectivity index (χ1n) is 9.23. The van der Waals surface area contributed by atoms with E-state index in [2.05, 4.69) is 5.32 Å². The lowest BCUT2D eigenvalue weighted by Gasteiger charge is -2.13. The Morgan fingerprint density at radius 2 is 2.30 bits per heavy atom. The molecule has 2 atom stereocenters. The predicted molar refractivity (Wildman–Crippen MR) is 101 cm³/mol. The fourth-order valence-corrected chi connectivity index (χ4v) is 3.04. The minimum absolute atomic E-state index is 0.0321. The molecule has 144 valence electrons. The van der Waals surface area contributed by atoms with E-state index in [1.807, 2.05) is 38.1 Å². The molecule has 2 unspecified atom stereocenters. The van der Waals surface area contributed by atoms with Crippen LogP contribution in [0.25, 0.3) is 0 Å². The van der Waals surface area contributed by atoms with Crippen LogP contribution in [0, 0.1) is 27.4 Å². The van der Waals surface area contributed by atoms with Crippen molar-refractivity contribution in [3.05, 3.63) is 45.5 Å². The number of rotatable bonds is 10. The van der Waals surface area contributed by atoms with E-state index < -0.39 is 4.92 Å². The molecule has 0 spiro atoms. The number of nitro benzene ring substituents is 1. The maximum absolute atomic E-state index is 12.2. The van der Waals surface area contributed by atoms with Gasteiger partial charge in [0.1, 0.15) is 0 Å². The zero-order chi connectivity index (χ0) is 19.8. The summed E-state index contributed by atoms with van der Waals surface area (Å²) in [6, 6.07) is 5.45. The molecule has 0 radical (unpaired) electrons. The van der Waals surface area contributed by atoms with Crippen molar-refractivity contribution in [2.24, 2.45) is 5.92 Å². The van der Waals surface area contributed by atoms with Crippen molar-refractivity contribution in [3.63, 3.8) is 0 Å². The number of carbonyl (C=O) groups excluding carboxylic acids is 1. The number of hydrogen-bond acceptors (Lipinski definition) is 5. The highest BCUT2D eigenvalue weighted by molar-refractivity contribution is 5.83. The molecule has 0 heterocycles. The van der Waals surface area contributed by atoms with Gasteiger partial charge >= 0.3 is 5.69 Å². The highest BCUT2D eigenvalue weighted by atomic mass is 16.6. The number of ether oxygens (including phenoxy) is 1. The van der Waals surface area contributed by atoms with Crippen molar-refractivity contribution in [3.8, 4) is 11.8 Å². The Balaban J connectivity index is 2.27. The summed E-state index contributed by atoms with van der Waals surface area (Å²) in [4.78, 5) is 23.3. The zero-order valence-corrected chi connectivity index (χ0v) is 15.7. The number of nitro groups is 1. The van der Waals surface area contributed by atoms with Gasteiger partial charge in [-0.15, -0.1) is 0 Å². The minimum atomic E-state index is -0.419. The molecule has 1 N–H and O–H groups in total. The lowest BCUT2D eigenvalue weighted by molar-refractivity contribution is -0.386. The number of amides is 1. The van der Waals surface area contributed by atoms with E-state index in [4.69, 9.17) is 10.00 Å². The first-order chi connectivity index (χ1) is 13.0. The molecule has 1 aliphatic carbocycles. The molecule has 0 saturated heterocycles. The molecule has 1 aromatic rings. The molecule has 1 fully saturated rings. The summed E-state index contributed by atoms with van der Waals surface area (Å²) in [6.45, 7) is 4.59. The van der Waals surface area contributed by atoms with Crippen molar-refractivity contribution >= 4 is 11.6 Å². The normalized spacial score (nSPS) is 18.1. The van der Waals surface area contributed by atoms with Crippen molar-refractivity contribution in [2.75, 3.05) is 13.2 Å². The van der Waals surface area contributed by atoms with Gasteiger partial charge in [-0.1, -0.05) is 25.1 Å². The van der Waals surface area contributed by atoms with Crippen LogP contribution < -0.4 is 10.1 Å². The van der Waals surface area contributed by atoms with E-state index in [0.717, 1.165) is 17.5 Å². The Morgan fingerprint density at radius 3 is 2.93 bits per heavy atom. The Labute approximate surface area is 159 Å². The largest absolute Gasteiger partial charge is 0.487 e. The Bertz CT molecular complexity index is 767. The molecule has 1 amide bonds. The average molecular weight is 371 g/mol. The number of allylic oxidation sites excluding steroid dienone is 2. The third-order valence-corrected chi connectivity index (χ3v) is 4.48. The Kier molecular flexibility index (Phi) is 7.35. The second kappa shape index (κ2) is 9.72. The highest BCUT2D eigenvalue weighted by Gasteiger charge is 2.44. The van der Waals surface area contributed by atoms with Crippen molar-refractivity contribution < 1.29 is 14.5 Å². The molecule has 2 rings (SSSR count). The second-order valence-corrected chi connectivity index (χ2v) is 6.55. The van der Waals surface area contributed by atoms with Gasteiger partial charge in [-0.05, 0) is 37.7 Å². The van der Waals surface area contributed by atoms with Crippen LogP contribution in [0.1, 0.15) is 50.2 Å². The van der Waals surface area contributed by atoms with E-state index in [1.165, 1.54) is 6.07 Å². The number of nitrogens with one attached hydrogen (secondary N) is 1. The van der Waals surface area contributed by atoms with Crippen LogP contribution in [0.5, 0.6) is 5.75 Å². The molecule has 7 heteroatoms. The maximum Gasteiger partial charge on any atom is 0.311 e.